The van der Waals surface area contributed by atoms with Gasteiger partial charge in [0.25, 0.3) is 5.91 Å². The van der Waals surface area contributed by atoms with E-state index in [4.69, 9.17) is 4.74 Å². The molecule has 0 saturated carbocycles. The zero-order valence-corrected chi connectivity index (χ0v) is 20.5. The SMILES string of the molecule is CCCOc1ccc(NC(=O)C[C@H]2C(=O)N(c3cccc(C)c3)C(=O)N2CCc2ccncc2)cc1. The molecule has 4 amide bonds. The number of urea groups is 1. The Labute approximate surface area is 210 Å². The molecule has 4 rings (SSSR count). The van der Waals surface area contributed by atoms with Crippen molar-refractivity contribution in [2.45, 2.75) is 39.2 Å². The Kier molecular flexibility index (Phi) is 7.95. The summed E-state index contributed by atoms with van der Waals surface area (Å²) in [5.41, 5.74) is 3.03. The third-order valence-electron chi connectivity index (χ3n) is 5.96. The highest BCUT2D eigenvalue weighted by atomic mass is 16.5. The van der Waals surface area contributed by atoms with E-state index in [1.807, 2.05) is 32.0 Å². The second-order valence-electron chi connectivity index (χ2n) is 8.74. The molecule has 0 unspecified atom stereocenters. The topological polar surface area (TPSA) is 91.8 Å². The van der Waals surface area contributed by atoms with Crippen molar-refractivity contribution >= 4 is 29.2 Å². The van der Waals surface area contributed by atoms with Gasteiger partial charge in [-0.05, 0) is 79.4 Å². The lowest BCUT2D eigenvalue weighted by molar-refractivity contribution is -0.124. The van der Waals surface area contributed by atoms with Gasteiger partial charge in [-0.15, -0.1) is 0 Å². The van der Waals surface area contributed by atoms with Crippen molar-refractivity contribution in [2.75, 3.05) is 23.4 Å². The lowest BCUT2D eigenvalue weighted by Gasteiger charge is -2.21. The van der Waals surface area contributed by atoms with Gasteiger partial charge < -0.3 is 15.0 Å². The zero-order chi connectivity index (χ0) is 25.5. The molecule has 0 radical (unpaired) electrons. The molecule has 186 valence electrons. The van der Waals surface area contributed by atoms with E-state index in [9.17, 15) is 14.4 Å². The average molecular weight is 487 g/mol. The maximum absolute atomic E-state index is 13.4. The number of rotatable bonds is 10. The Morgan fingerprint density at radius 2 is 1.81 bits per heavy atom. The number of ether oxygens (including phenoxy) is 1. The van der Waals surface area contributed by atoms with Gasteiger partial charge in [-0.3, -0.25) is 14.6 Å². The quantitative estimate of drug-likeness (QED) is 0.423. The number of amides is 4. The van der Waals surface area contributed by atoms with E-state index < -0.39 is 18.0 Å². The molecule has 2 heterocycles. The molecule has 1 aliphatic rings. The second-order valence-corrected chi connectivity index (χ2v) is 8.74. The minimum absolute atomic E-state index is 0.142. The first-order valence-corrected chi connectivity index (χ1v) is 12.1. The van der Waals surface area contributed by atoms with Gasteiger partial charge in [0, 0.05) is 24.6 Å². The lowest BCUT2D eigenvalue weighted by atomic mass is 10.1. The fraction of sp³-hybridized carbons (Fsp3) is 0.286. The number of anilines is 2. The fourth-order valence-corrected chi connectivity index (χ4v) is 4.13. The van der Waals surface area contributed by atoms with Gasteiger partial charge in [-0.2, -0.15) is 0 Å². The van der Waals surface area contributed by atoms with Gasteiger partial charge in [0.1, 0.15) is 11.8 Å². The number of nitrogens with one attached hydrogen (secondary N) is 1. The third-order valence-corrected chi connectivity index (χ3v) is 5.96. The molecular formula is C28H30N4O4. The summed E-state index contributed by atoms with van der Waals surface area (Å²) in [6.45, 7) is 4.86. The summed E-state index contributed by atoms with van der Waals surface area (Å²) in [6.07, 6.45) is 4.69. The average Bonchev–Trinajstić information content (AvgIpc) is 3.11. The number of aryl methyl sites for hydroxylation is 1. The van der Waals surface area contributed by atoms with Crippen LogP contribution in [0.15, 0.2) is 73.1 Å². The molecule has 8 heteroatoms. The summed E-state index contributed by atoms with van der Waals surface area (Å²) < 4.78 is 5.58. The molecular weight excluding hydrogens is 456 g/mol. The van der Waals surface area contributed by atoms with Crippen LogP contribution in [-0.2, 0) is 16.0 Å². The van der Waals surface area contributed by atoms with Crippen molar-refractivity contribution in [3.05, 3.63) is 84.2 Å². The summed E-state index contributed by atoms with van der Waals surface area (Å²) in [5, 5.41) is 2.83. The minimum Gasteiger partial charge on any atom is -0.494 e. The molecule has 2 aromatic carbocycles. The van der Waals surface area contributed by atoms with Crippen LogP contribution in [0.2, 0.25) is 0 Å². The first-order valence-electron chi connectivity index (χ1n) is 12.1. The third kappa shape index (κ3) is 5.89. The van der Waals surface area contributed by atoms with Crippen LogP contribution in [0.1, 0.15) is 30.9 Å². The standard InChI is InChI=1S/C28H30N4O4/c1-3-17-36-24-9-7-22(8-10-24)30-26(33)19-25-27(34)32(23-6-4-5-20(2)18-23)28(35)31(25)16-13-21-11-14-29-15-12-21/h4-12,14-15,18,25H,3,13,16-17,19H2,1-2H3,(H,30,33)/t25-/m0/s1. The maximum atomic E-state index is 13.4. The Balaban J connectivity index is 1.50. The first kappa shape index (κ1) is 24.9. The van der Waals surface area contributed by atoms with Gasteiger partial charge in [0.15, 0.2) is 0 Å². The van der Waals surface area contributed by atoms with Gasteiger partial charge >= 0.3 is 6.03 Å². The molecule has 1 N–H and O–H groups in total. The first-order chi connectivity index (χ1) is 17.5. The van der Waals surface area contributed by atoms with Crippen LogP contribution in [0.3, 0.4) is 0 Å². The summed E-state index contributed by atoms with van der Waals surface area (Å²) in [7, 11) is 0. The number of carbonyl (C=O) groups excluding carboxylic acids is 3. The van der Waals surface area contributed by atoms with E-state index in [1.165, 1.54) is 9.80 Å². The summed E-state index contributed by atoms with van der Waals surface area (Å²) in [6, 6.07) is 16.7. The van der Waals surface area contributed by atoms with Gasteiger partial charge in [-0.25, -0.2) is 9.69 Å². The van der Waals surface area contributed by atoms with Crippen LogP contribution in [-0.4, -0.2) is 46.9 Å². The highest BCUT2D eigenvalue weighted by Crippen LogP contribution is 2.28. The number of benzene rings is 2. The number of aromatic nitrogens is 1. The molecule has 1 aromatic heterocycles. The number of hydrogen-bond donors (Lipinski definition) is 1. The van der Waals surface area contributed by atoms with Crippen LogP contribution >= 0.6 is 0 Å². The van der Waals surface area contributed by atoms with Crippen molar-refractivity contribution in [2.24, 2.45) is 0 Å². The summed E-state index contributed by atoms with van der Waals surface area (Å²) in [5.74, 6) is -0.0235. The van der Waals surface area contributed by atoms with Crippen LogP contribution in [0.5, 0.6) is 5.75 Å². The molecule has 1 saturated heterocycles. The molecule has 0 spiro atoms. The van der Waals surface area contributed by atoms with Crippen LogP contribution in [0.4, 0.5) is 16.2 Å². The van der Waals surface area contributed by atoms with Gasteiger partial charge in [0.2, 0.25) is 5.91 Å². The molecule has 36 heavy (non-hydrogen) atoms. The fourth-order valence-electron chi connectivity index (χ4n) is 4.13. The molecule has 1 aliphatic heterocycles. The Morgan fingerprint density at radius 3 is 2.50 bits per heavy atom. The zero-order valence-electron chi connectivity index (χ0n) is 20.5. The van der Waals surface area contributed by atoms with Crippen molar-refractivity contribution in [3.8, 4) is 5.75 Å². The minimum atomic E-state index is -0.896. The van der Waals surface area contributed by atoms with E-state index >= 15 is 0 Å². The number of pyridine rings is 1. The van der Waals surface area contributed by atoms with Crippen molar-refractivity contribution in [3.63, 3.8) is 0 Å². The Hall–Kier alpha value is -4.20. The van der Waals surface area contributed by atoms with Crippen LogP contribution in [0.25, 0.3) is 0 Å². The smallest absolute Gasteiger partial charge is 0.332 e. The van der Waals surface area contributed by atoms with Crippen molar-refractivity contribution in [1.82, 2.24) is 9.88 Å². The van der Waals surface area contributed by atoms with E-state index in [0.717, 1.165) is 23.3 Å². The Bertz CT molecular complexity index is 1210. The number of hydrogen-bond acceptors (Lipinski definition) is 5. The lowest BCUT2D eigenvalue weighted by Crippen LogP contribution is -2.39. The predicted octanol–water partition coefficient (Wildman–Crippen LogP) is 4.59. The predicted molar refractivity (Wildman–Crippen MR) is 138 cm³/mol. The molecule has 3 aromatic rings. The number of carbonyl (C=O) groups is 3. The van der Waals surface area contributed by atoms with Gasteiger partial charge in [0.05, 0.1) is 18.7 Å². The van der Waals surface area contributed by atoms with Crippen LogP contribution in [0, 0.1) is 6.92 Å². The second kappa shape index (κ2) is 11.5. The van der Waals surface area contributed by atoms with E-state index in [0.29, 0.717) is 30.9 Å². The summed E-state index contributed by atoms with van der Waals surface area (Å²) >= 11 is 0. The number of imide groups is 1. The normalized spacial score (nSPS) is 15.3. The highest BCUT2D eigenvalue weighted by molar-refractivity contribution is 6.22. The van der Waals surface area contributed by atoms with E-state index in [1.54, 1.807) is 54.9 Å². The van der Waals surface area contributed by atoms with Crippen molar-refractivity contribution < 1.29 is 19.1 Å². The van der Waals surface area contributed by atoms with E-state index in [2.05, 4.69) is 10.3 Å². The molecule has 1 fully saturated rings. The van der Waals surface area contributed by atoms with E-state index in [-0.39, 0.29) is 12.3 Å². The largest absolute Gasteiger partial charge is 0.494 e. The molecule has 0 aliphatic carbocycles. The van der Waals surface area contributed by atoms with Gasteiger partial charge in [-0.1, -0.05) is 19.1 Å². The maximum Gasteiger partial charge on any atom is 0.332 e. The molecule has 8 nitrogen and oxygen atoms in total. The monoisotopic (exact) mass is 486 g/mol. The Morgan fingerprint density at radius 1 is 1.06 bits per heavy atom. The highest BCUT2D eigenvalue weighted by Gasteiger charge is 2.46. The summed E-state index contributed by atoms with van der Waals surface area (Å²) in [4.78, 5) is 46.5. The van der Waals surface area contributed by atoms with Crippen molar-refractivity contribution in [1.29, 1.82) is 0 Å². The molecule has 0 bridgehead atoms. The van der Waals surface area contributed by atoms with Crippen LogP contribution < -0.4 is 15.0 Å². The number of nitrogens with zero attached hydrogens (tertiary/aromatic N) is 3. The molecule has 1 atom stereocenters.